The molecule has 1 atom stereocenters. The monoisotopic (exact) mass is 280 g/mol. The van der Waals surface area contributed by atoms with E-state index >= 15 is 0 Å². The van der Waals surface area contributed by atoms with Crippen LogP contribution in [0, 0.1) is 5.92 Å². The van der Waals surface area contributed by atoms with Crippen LogP contribution >= 0.6 is 0 Å². The molecule has 0 amide bonds. The molecule has 0 fully saturated rings. The highest BCUT2D eigenvalue weighted by molar-refractivity contribution is 6.02. The summed E-state index contributed by atoms with van der Waals surface area (Å²) in [6, 6.07) is 7.26. The van der Waals surface area contributed by atoms with Gasteiger partial charge in [0.05, 0.1) is 12.2 Å². The van der Waals surface area contributed by atoms with Crippen molar-refractivity contribution in [2.75, 3.05) is 26.9 Å². The fourth-order valence-corrected chi connectivity index (χ4v) is 1.93. The zero-order chi connectivity index (χ0) is 15.0. The van der Waals surface area contributed by atoms with E-state index in [2.05, 4.69) is 0 Å². The number of carbonyl (C=O) groups is 1. The van der Waals surface area contributed by atoms with Crippen molar-refractivity contribution in [2.24, 2.45) is 5.92 Å². The normalized spacial score (nSPS) is 12.4. The Morgan fingerprint density at radius 3 is 2.50 bits per heavy atom. The van der Waals surface area contributed by atoms with Crippen LogP contribution in [0.25, 0.3) is 0 Å². The largest absolute Gasteiger partial charge is 0.490 e. The summed E-state index contributed by atoms with van der Waals surface area (Å²) in [7, 11) is 1.62. The van der Waals surface area contributed by atoms with Gasteiger partial charge in [-0.05, 0) is 25.0 Å². The van der Waals surface area contributed by atoms with Gasteiger partial charge in [0.1, 0.15) is 18.5 Å². The lowest BCUT2D eigenvalue weighted by Crippen LogP contribution is -2.30. The molecule has 0 spiro atoms. The molecule has 0 heterocycles. The van der Waals surface area contributed by atoms with Gasteiger partial charge in [-0.1, -0.05) is 26.0 Å². The van der Waals surface area contributed by atoms with E-state index in [1.165, 1.54) is 0 Å². The molecule has 1 rings (SSSR count). The van der Waals surface area contributed by atoms with Crippen LogP contribution in [0.3, 0.4) is 0 Å². The van der Waals surface area contributed by atoms with Crippen molar-refractivity contribution in [2.45, 2.75) is 26.9 Å². The van der Waals surface area contributed by atoms with Gasteiger partial charge in [-0.2, -0.15) is 0 Å². The zero-order valence-corrected chi connectivity index (χ0v) is 12.7. The molecule has 1 aromatic rings. The highest BCUT2D eigenvalue weighted by Crippen LogP contribution is 2.23. The molecule has 0 bridgehead atoms. The summed E-state index contributed by atoms with van der Waals surface area (Å²) in [6.07, 6.45) is -0.438. The molecule has 112 valence electrons. The zero-order valence-electron chi connectivity index (χ0n) is 12.7. The van der Waals surface area contributed by atoms with Gasteiger partial charge in [0.15, 0.2) is 5.78 Å². The number of ether oxygens (including phenoxy) is 3. The lowest BCUT2D eigenvalue weighted by Gasteiger charge is -2.20. The van der Waals surface area contributed by atoms with Gasteiger partial charge < -0.3 is 14.2 Å². The van der Waals surface area contributed by atoms with E-state index in [4.69, 9.17) is 14.2 Å². The van der Waals surface area contributed by atoms with E-state index in [9.17, 15) is 4.79 Å². The molecule has 0 aliphatic rings. The average molecular weight is 280 g/mol. The Balaban J connectivity index is 2.90. The summed E-state index contributed by atoms with van der Waals surface area (Å²) in [4.78, 5) is 12.6. The quantitative estimate of drug-likeness (QED) is 0.515. The van der Waals surface area contributed by atoms with Crippen molar-refractivity contribution in [3.05, 3.63) is 29.8 Å². The van der Waals surface area contributed by atoms with Crippen LogP contribution in [-0.2, 0) is 9.47 Å². The Hall–Kier alpha value is -1.39. The number of rotatable bonds is 9. The second kappa shape index (κ2) is 8.72. The maximum atomic E-state index is 12.6. The van der Waals surface area contributed by atoms with Gasteiger partial charge in [0, 0.05) is 13.7 Å². The smallest absolute Gasteiger partial charge is 0.195 e. The van der Waals surface area contributed by atoms with Gasteiger partial charge in [0.2, 0.25) is 0 Å². The van der Waals surface area contributed by atoms with E-state index in [0.717, 1.165) is 0 Å². The summed E-state index contributed by atoms with van der Waals surface area (Å²) in [5, 5.41) is 0. The molecule has 1 aromatic carbocycles. The lowest BCUT2D eigenvalue weighted by molar-refractivity contribution is 0.0276. The Morgan fingerprint density at radius 1 is 1.20 bits per heavy atom. The summed E-state index contributed by atoms with van der Waals surface area (Å²) in [5.41, 5.74) is 0.566. The summed E-state index contributed by atoms with van der Waals surface area (Å²) < 4.78 is 16.1. The predicted octanol–water partition coefficient (Wildman–Crippen LogP) is 2.96. The fraction of sp³-hybridized carbons (Fsp3) is 0.562. The molecule has 4 heteroatoms. The molecule has 0 aromatic heterocycles. The Morgan fingerprint density at radius 2 is 1.90 bits per heavy atom. The van der Waals surface area contributed by atoms with Gasteiger partial charge in [-0.25, -0.2) is 0 Å². The number of carbonyl (C=O) groups excluding carboxylic acids is 1. The SMILES string of the molecule is CCOC(C(=O)c1ccccc1OCCOC)C(C)C. The second-order valence-electron chi connectivity index (χ2n) is 4.82. The molecule has 4 nitrogen and oxygen atoms in total. The topological polar surface area (TPSA) is 44.8 Å². The minimum Gasteiger partial charge on any atom is -0.490 e. The first-order valence-corrected chi connectivity index (χ1v) is 6.98. The number of hydrogen-bond donors (Lipinski definition) is 0. The molecule has 0 aliphatic heterocycles. The Labute approximate surface area is 121 Å². The van der Waals surface area contributed by atoms with Crippen LogP contribution in [0.4, 0.5) is 0 Å². The number of methoxy groups -OCH3 is 1. The molecular weight excluding hydrogens is 256 g/mol. The second-order valence-corrected chi connectivity index (χ2v) is 4.82. The third-order valence-corrected chi connectivity index (χ3v) is 2.91. The molecule has 1 unspecified atom stereocenters. The van der Waals surface area contributed by atoms with E-state index < -0.39 is 6.10 Å². The number of para-hydroxylation sites is 1. The van der Waals surface area contributed by atoms with Gasteiger partial charge in [-0.15, -0.1) is 0 Å². The highest BCUT2D eigenvalue weighted by Gasteiger charge is 2.26. The van der Waals surface area contributed by atoms with Crippen LogP contribution < -0.4 is 4.74 Å². The van der Waals surface area contributed by atoms with E-state index in [1.54, 1.807) is 19.2 Å². The maximum Gasteiger partial charge on any atom is 0.195 e. The lowest BCUT2D eigenvalue weighted by atomic mass is 9.97. The first-order chi connectivity index (χ1) is 9.61. The van der Waals surface area contributed by atoms with Crippen LogP contribution in [0.5, 0.6) is 5.75 Å². The third kappa shape index (κ3) is 4.62. The fourth-order valence-electron chi connectivity index (χ4n) is 1.93. The van der Waals surface area contributed by atoms with Crippen LogP contribution in [0.15, 0.2) is 24.3 Å². The molecule has 0 aliphatic carbocycles. The van der Waals surface area contributed by atoms with Crippen molar-refractivity contribution < 1.29 is 19.0 Å². The van der Waals surface area contributed by atoms with Crippen molar-refractivity contribution in [1.82, 2.24) is 0 Å². The first kappa shape index (κ1) is 16.7. The van der Waals surface area contributed by atoms with Crippen molar-refractivity contribution in [1.29, 1.82) is 0 Å². The van der Waals surface area contributed by atoms with Crippen LogP contribution in [-0.4, -0.2) is 38.8 Å². The molecule has 0 radical (unpaired) electrons. The molecule has 20 heavy (non-hydrogen) atoms. The first-order valence-electron chi connectivity index (χ1n) is 6.98. The minimum absolute atomic E-state index is 0.0325. The molecular formula is C16H24O4. The standard InChI is InChI=1S/C16H24O4/c1-5-19-16(12(2)3)15(17)13-8-6-7-9-14(13)20-11-10-18-4/h6-9,12,16H,5,10-11H2,1-4H3. The van der Waals surface area contributed by atoms with Crippen molar-refractivity contribution in [3.63, 3.8) is 0 Å². The van der Waals surface area contributed by atoms with Gasteiger partial charge in [-0.3, -0.25) is 4.79 Å². The average Bonchev–Trinajstić information content (AvgIpc) is 2.44. The summed E-state index contributed by atoms with van der Waals surface area (Å²) in [6.45, 7) is 7.27. The van der Waals surface area contributed by atoms with Gasteiger partial charge >= 0.3 is 0 Å². The van der Waals surface area contributed by atoms with Crippen molar-refractivity contribution >= 4 is 5.78 Å². The summed E-state index contributed by atoms with van der Waals surface area (Å²) >= 11 is 0. The molecule has 0 saturated heterocycles. The van der Waals surface area contributed by atoms with E-state index in [1.807, 2.05) is 32.9 Å². The van der Waals surface area contributed by atoms with E-state index in [-0.39, 0.29) is 11.7 Å². The Kier molecular flexibility index (Phi) is 7.26. The van der Waals surface area contributed by atoms with Crippen LogP contribution in [0.2, 0.25) is 0 Å². The van der Waals surface area contributed by atoms with Gasteiger partial charge in [0.25, 0.3) is 0 Å². The van der Waals surface area contributed by atoms with Crippen LogP contribution in [0.1, 0.15) is 31.1 Å². The number of hydrogen-bond acceptors (Lipinski definition) is 4. The van der Waals surface area contributed by atoms with Crippen molar-refractivity contribution in [3.8, 4) is 5.75 Å². The third-order valence-electron chi connectivity index (χ3n) is 2.91. The highest BCUT2D eigenvalue weighted by atomic mass is 16.5. The van der Waals surface area contributed by atoms with E-state index in [0.29, 0.717) is 31.1 Å². The molecule has 0 N–H and O–H groups in total. The minimum atomic E-state index is -0.438. The number of benzene rings is 1. The number of Topliss-reactive ketones (excluding diaryl/α,β-unsaturated/α-hetero) is 1. The maximum absolute atomic E-state index is 12.6. The molecule has 0 saturated carbocycles. The predicted molar refractivity (Wildman–Crippen MR) is 78.4 cm³/mol. The Bertz CT molecular complexity index is 415. The number of ketones is 1. The summed E-state index contributed by atoms with van der Waals surface area (Å²) in [5.74, 6) is 0.671.